The maximum Gasteiger partial charge on any atom is 0.335 e. The molecule has 1 atom stereocenters. The first kappa shape index (κ1) is 12.2. The van der Waals surface area contributed by atoms with Gasteiger partial charge in [0.15, 0.2) is 6.30 Å². The summed E-state index contributed by atoms with van der Waals surface area (Å²) in [5.74, 6) is -1.46. The standard InChI is InChI=1S/C11H12FNO3/c1-7(14)13-10(12)6-8-2-4-9(5-3-8)11(15)16/h2-5,10H,6H2,1H3,(H,13,14)(H,15,16). The third kappa shape index (κ3) is 3.68. The van der Waals surface area contributed by atoms with Crippen LogP contribution in [0.4, 0.5) is 4.39 Å². The zero-order valence-electron chi connectivity index (χ0n) is 8.74. The molecule has 0 fully saturated rings. The predicted octanol–water partition coefficient (Wildman–Crippen LogP) is 1.36. The molecule has 1 rings (SSSR count). The van der Waals surface area contributed by atoms with Crippen molar-refractivity contribution in [2.45, 2.75) is 19.6 Å². The van der Waals surface area contributed by atoms with E-state index in [1.807, 2.05) is 0 Å². The number of alkyl halides is 1. The van der Waals surface area contributed by atoms with Crippen LogP contribution in [0.3, 0.4) is 0 Å². The first-order chi connectivity index (χ1) is 7.49. The van der Waals surface area contributed by atoms with Crippen LogP contribution in [0.15, 0.2) is 24.3 Å². The summed E-state index contributed by atoms with van der Waals surface area (Å²) in [6.45, 7) is 1.24. The van der Waals surface area contributed by atoms with Crippen LogP contribution in [0, 0.1) is 0 Å². The molecule has 0 saturated heterocycles. The molecular formula is C11H12FNO3. The molecule has 0 aliphatic heterocycles. The van der Waals surface area contributed by atoms with Gasteiger partial charge in [-0.15, -0.1) is 0 Å². The second kappa shape index (κ2) is 5.25. The summed E-state index contributed by atoms with van der Waals surface area (Å²) in [4.78, 5) is 21.1. The maximum absolute atomic E-state index is 13.2. The van der Waals surface area contributed by atoms with Crippen LogP contribution in [-0.2, 0) is 11.2 Å². The monoisotopic (exact) mass is 225 g/mol. The highest BCUT2D eigenvalue weighted by atomic mass is 19.1. The number of carboxylic acid groups (broad SMARTS) is 1. The lowest BCUT2D eigenvalue weighted by Crippen LogP contribution is -2.30. The van der Waals surface area contributed by atoms with E-state index in [1.54, 1.807) is 0 Å². The molecule has 0 aromatic heterocycles. The summed E-state index contributed by atoms with van der Waals surface area (Å²) >= 11 is 0. The van der Waals surface area contributed by atoms with E-state index < -0.39 is 18.2 Å². The summed E-state index contributed by atoms with van der Waals surface area (Å²) in [5.41, 5.74) is 0.782. The van der Waals surface area contributed by atoms with E-state index in [4.69, 9.17) is 5.11 Å². The number of amides is 1. The lowest BCUT2D eigenvalue weighted by molar-refractivity contribution is -0.120. The van der Waals surface area contributed by atoms with Crippen LogP contribution in [0.5, 0.6) is 0 Å². The van der Waals surface area contributed by atoms with Crippen molar-refractivity contribution >= 4 is 11.9 Å². The van der Waals surface area contributed by atoms with Crippen molar-refractivity contribution in [1.82, 2.24) is 5.32 Å². The molecule has 0 aliphatic rings. The molecular weight excluding hydrogens is 213 g/mol. The minimum atomic E-state index is -1.45. The van der Waals surface area contributed by atoms with Gasteiger partial charge in [0, 0.05) is 13.3 Å². The third-order valence-corrected chi connectivity index (χ3v) is 1.98. The SMILES string of the molecule is CC(=O)NC(F)Cc1ccc(C(=O)O)cc1. The van der Waals surface area contributed by atoms with Crippen molar-refractivity contribution in [2.75, 3.05) is 0 Å². The van der Waals surface area contributed by atoms with Gasteiger partial charge in [0.05, 0.1) is 5.56 Å². The molecule has 0 aliphatic carbocycles. The summed E-state index contributed by atoms with van der Waals surface area (Å²) in [5, 5.41) is 10.8. The van der Waals surface area contributed by atoms with Gasteiger partial charge < -0.3 is 10.4 Å². The number of hydrogen-bond acceptors (Lipinski definition) is 2. The van der Waals surface area contributed by atoms with Gasteiger partial charge in [0.1, 0.15) is 0 Å². The van der Waals surface area contributed by atoms with E-state index in [0.29, 0.717) is 5.56 Å². The fourth-order valence-electron chi connectivity index (χ4n) is 1.26. The quantitative estimate of drug-likeness (QED) is 0.760. The summed E-state index contributed by atoms with van der Waals surface area (Å²) < 4.78 is 13.2. The van der Waals surface area contributed by atoms with Gasteiger partial charge in [0.2, 0.25) is 5.91 Å². The molecule has 1 amide bonds. The number of carbonyl (C=O) groups excluding carboxylic acids is 1. The Morgan fingerprint density at radius 3 is 2.38 bits per heavy atom. The highest BCUT2D eigenvalue weighted by molar-refractivity contribution is 5.87. The van der Waals surface area contributed by atoms with Gasteiger partial charge in [-0.25, -0.2) is 9.18 Å². The van der Waals surface area contributed by atoms with E-state index >= 15 is 0 Å². The van der Waals surface area contributed by atoms with E-state index in [-0.39, 0.29) is 12.0 Å². The molecule has 0 heterocycles. The average Bonchev–Trinajstić information content (AvgIpc) is 2.16. The van der Waals surface area contributed by atoms with Crippen LogP contribution in [0.2, 0.25) is 0 Å². The molecule has 0 bridgehead atoms. The Balaban J connectivity index is 2.61. The Bertz CT molecular complexity index is 389. The fraction of sp³-hybridized carbons (Fsp3) is 0.273. The molecule has 16 heavy (non-hydrogen) atoms. The molecule has 5 heteroatoms. The van der Waals surface area contributed by atoms with Crippen LogP contribution in [-0.4, -0.2) is 23.3 Å². The number of carboxylic acids is 1. The van der Waals surface area contributed by atoms with Crippen molar-refractivity contribution in [3.05, 3.63) is 35.4 Å². The molecule has 0 radical (unpaired) electrons. The largest absolute Gasteiger partial charge is 0.478 e. The molecule has 1 aromatic carbocycles. The van der Waals surface area contributed by atoms with Crippen molar-refractivity contribution in [3.63, 3.8) is 0 Å². The topological polar surface area (TPSA) is 66.4 Å². The van der Waals surface area contributed by atoms with Crippen molar-refractivity contribution in [1.29, 1.82) is 0 Å². The Morgan fingerprint density at radius 2 is 1.94 bits per heavy atom. The van der Waals surface area contributed by atoms with Crippen LogP contribution in [0.1, 0.15) is 22.8 Å². The van der Waals surface area contributed by atoms with Gasteiger partial charge in [-0.2, -0.15) is 0 Å². The first-order valence-corrected chi connectivity index (χ1v) is 4.72. The third-order valence-electron chi connectivity index (χ3n) is 1.98. The van der Waals surface area contributed by atoms with Gasteiger partial charge >= 0.3 is 5.97 Å². The van der Waals surface area contributed by atoms with E-state index in [1.165, 1.54) is 31.2 Å². The van der Waals surface area contributed by atoms with Crippen LogP contribution >= 0.6 is 0 Å². The highest BCUT2D eigenvalue weighted by Crippen LogP contribution is 2.07. The number of nitrogens with one attached hydrogen (secondary N) is 1. The second-order valence-electron chi connectivity index (χ2n) is 3.37. The molecule has 4 nitrogen and oxygen atoms in total. The Labute approximate surface area is 92.1 Å². The van der Waals surface area contributed by atoms with Crippen LogP contribution in [0.25, 0.3) is 0 Å². The lowest BCUT2D eigenvalue weighted by Gasteiger charge is -2.08. The van der Waals surface area contributed by atoms with E-state index in [0.717, 1.165) is 0 Å². The maximum atomic E-state index is 13.2. The highest BCUT2D eigenvalue weighted by Gasteiger charge is 2.09. The Morgan fingerprint density at radius 1 is 1.38 bits per heavy atom. The average molecular weight is 225 g/mol. The number of hydrogen-bond donors (Lipinski definition) is 2. The molecule has 0 spiro atoms. The normalized spacial score (nSPS) is 11.9. The molecule has 1 aromatic rings. The van der Waals surface area contributed by atoms with Crippen molar-refractivity contribution < 1.29 is 19.1 Å². The van der Waals surface area contributed by atoms with E-state index in [9.17, 15) is 14.0 Å². The van der Waals surface area contributed by atoms with Gasteiger partial charge in [-0.05, 0) is 17.7 Å². The molecule has 0 saturated carbocycles. The van der Waals surface area contributed by atoms with E-state index in [2.05, 4.69) is 5.32 Å². The Hall–Kier alpha value is -1.91. The summed E-state index contributed by atoms with van der Waals surface area (Å²) in [6, 6.07) is 5.85. The van der Waals surface area contributed by atoms with Crippen molar-refractivity contribution in [2.24, 2.45) is 0 Å². The summed E-state index contributed by atoms with van der Waals surface area (Å²) in [6.07, 6.45) is -1.42. The molecule has 86 valence electrons. The number of halogens is 1. The number of aromatic carboxylic acids is 1. The lowest BCUT2D eigenvalue weighted by atomic mass is 10.1. The number of carbonyl (C=O) groups is 2. The smallest absolute Gasteiger partial charge is 0.335 e. The second-order valence-corrected chi connectivity index (χ2v) is 3.37. The zero-order valence-corrected chi connectivity index (χ0v) is 8.74. The summed E-state index contributed by atoms with van der Waals surface area (Å²) in [7, 11) is 0. The fourth-order valence-corrected chi connectivity index (χ4v) is 1.26. The Kier molecular flexibility index (Phi) is 3.99. The van der Waals surface area contributed by atoms with Gasteiger partial charge in [-0.3, -0.25) is 4.79 Å². The number of benzene rings is 1. The van der Waals surface area contributed by atoms with Gasteiger partial charge in [-0.1, -0.05) is 12.1 Å². The first-order valence-electron chi connectivity index (χ1n) is 4.72. The molecule has 2 N–H and O–H groups in total. The van der Waals surface area contributed by atoms with Gasteiger partial charge in [0.25, 0.3) is 0 Å². The van der Waals surface area contributed by atoms with Crippen molar-refractivity contribution in [3.8, 4) is 0 Å². The predicted molar refractivity (Wildman–Crippen MR) is 55.8 cm³/mol. The zero-order chi connectivity index (χ0) is 12.1. The molecule has 1 unspecified atom stereocenters. The van der Waals surface area contributed by atoms with Crippen LogP contribution < -0.4 is 5.32 Å². The minimum Gasteiger partial charge on any atom is -0.478 e. The number of rotatable bonds is 4. The minimum absolute atomic E-state index is 0.0273.